The fourth-order valence-corrected chi connectivity index (χ4v) is 8.50. The van der Waals surface area contributed by atoms with Gasteiger partial charge in [0.05, 0.1) is 34.1 Å². The first kappa shape index (κ1) is 39.2. The number of hydrogen-bond donors (Lipinski definition) is 0. The van der Waals surface area contributed by atoms with E-state index < -0.39 is 0 Å². The second kappa shape index (κ2) is 18.3. The van der Waals surface area contributed by atoms with E-state index in [1.54, 1.807) is 28.4 Å². The molecule has 0 radical (unpaired) electrons. The van der Waals surface area contributed by atoms with Crippen LogP contribution in [0.4, 0.5) is 5.69 Å². The van der Waals surface area contributed by atoms with Gasteiger partial charge in [0.1, 0.15) is 5.75 Å². The van der Waals surface area contributed by atoms with Crippen LogP contribution in [0.1, 0.15) is 85.6 Å². The Kier molecular flexibility index (Phi) is 12.8. The lowest BCUT2D eigenvalue weighted by Crippen LogP contribution is -2.44. The first-order valence-electron chi connectivity index (χ1n) is 20.5. The Morgan fingerprint density at radius 2 is 1.34 bits per heavy atom. The minimum Gasteiger partial charge on any atom is -0.496 e. The van der Waals surface area contributed by atoms with Crippen molar-refractivity contribution in [1.82, 2.24) is 9.88 Å². The number of benzene rings is 4. The summed E-state index contributed by atoms with van der Waals surface area (Å²) in [4.78, 5) is 10.1. The highest BCUT2D eigenvalue weighted by Crippen LogP contribution is 2.43. The molecule has 0 bridgehead atoms. The van der Waals surface area contributed by atoms with Crippen LogP contribution in [-0.4, -0.2) is 57.5 Å². The molecule has 0 spiro atoms. The summed E-state index contributed by atoms with van der Waals surface area (Å²) in [5.41, 5.74) is 12.3. The fraction of sp³-hybridized carbons (Fsp3) is 0.408. The Hall–Kier alpha value is -5.01. The summed E-state index contributed by atoms with van der Waals surface area (Å²) in [5, 5.41) is 0. The van der Waals surface area contributed by atoms with Crippen molar-refractivity contribution in [3.8, 4) is 45.4 Å². The third-order valence-corrected chi connectivity index (χ3v) is 12.1. The highest BCUT2D eigenvalue weighted by Gasteiger charge is 2.27. The van der Waals surface area contributed by atoms with E-state index in [1.807, 2.05) is 18.3 Å². The van der Waals surface area contributed by atoms with E-state index in [-0.39, 0.29) is 0 Å². The van der Waals surface area contributed by atoms with Crippen LogP contribution in [0.2, 0.25) is 0 Å². The molecule has 294 valence electrons. The van der Waals surface area contributed by atoms with Crippen LogP contribution in [0.3, 0.4) is 0 Å². The third kappa shape index (κ3) is 8.84. The Labute approximate surface area is 334 Å². The number of likely N-dealkylation sites (tertiary alicyclic amines) is 1. The highest BCUT2D eigenvalue weighted by molar-refractivity contribution is 5.71. The molecule has 4 aromatic carbocycles. The second-order valence-electron chi connectivity index (χ2n) is 15.6. The van der Waals surface area contributed by atoms with E-state index in [2.05, 4.69) is 96.4 Å². The zero-order valence-corrected chi connectivity index (χ0v) is 34.3. The number of piperidine rings is 1. The SMILES string of the molecule is CCCCc1ccc(N(Cc2ccc(-c3cc(OC)c(OC)c(OC)c3)cc2)C2CCN(Cc3ccnc(-c4cc(OC)c(C)c(C5CCC5)c4)c3)CC2)cc1. The van der Waals surface area contributed by atoms with Crippen molar-refractivity contribution < 1.29 is 18.9 Å². The maximum Gasteiger partial charge on any atom is 0.203 e. The smallest absolute Gasteiger partial charge is 0.203 e. The van der Waals surface area contributed by atoms with Crippen molar-refractivity contribution in [3.05, 3.63) is 119 Å². The average molecular weight is 754 g/mol. The Bertz CT molecular complexity index is 2020. The number of unbranched alkanes of at least 4 members (excludes halogenated alkanes) is 1. The number of rotatable bonds is 16. The van der Waals surface area contributed by atoms with Gasteiger partial charge in [-0.3, -0.25) is 9.88 Å². The molecule has 2 fully saturated rings. The summed E-state index contributed by atoms with van der Waals surface area (Å²) in [6.07, 6.45) is 11.6. The van der Waals surface area contributed by atoms with Crippen LogP contribution in [-0.2, 0) is 19.5 Å². The van der Waals surface area contributed by atoms with Gasteiger partial charge in [0.15, 0.2) is 11.5 Å². The molecule has 0 atom stereocenters. The lowest BCUT2D eigenvalue weighted by Gasteiger charge is -2.40. The van der Waals surface area contributed by atoms with E-state index in [9.17, 15) is 0 Å². The number of methoxy groups -OCH3 is 4. The van der Waals surface area contributed by atoms with Gasteiger partial charge in [-0.25, -0.2) is 0 Å². The van der Waals surface area contributed by atoms with Crippen LogP contribution >= 0.6 is 0 Å². The molecule has 0 amide bonds. The van der Waals surface area contributed by atoms with Gasteiger partial charge < -0.3 is 23.8 Å². The second-order valence-corrected chi connectivity index (χ2v) is 15.6. The monoisotopic (exact) mass is 753 g/mol. The molecule has 1 aliphatic carbocycles. The Balaban J connectivity index is 1.06. The quantitative estimate of drug-likeness (QED) is 0.0994. The Morgan fingerprint density at radius 3 is 1.95 bits per heavy atom. The zero-order chi connectivity index (χ0) is 39.0. The number of aryl methyl sites for hydroxylation is 1. The van der Waals surface area contributed by atoms with Crippen LogP contribution in [0.5, 0.6) is 23.0 Å². The van der Waals surface area contributed by atoms with Crippen LogP contribution in [0.15, 0.2) is 91.1 Å². The van der Waals surface area contributed by atoms with Crippen molar-refractivity contribution in [2.45, 2.75) is 90.3 Å². The topological polar surface area (TPSA) is 56.3 Å². The molecular formula is C49H59N3O4. The number of anilines is 1. The summed E-state index contributed by atoms with van der Waals surface area (Å²) < 4.78 is 22.7. The normalized spacial score (nSPS) is 15.0. The van der Waals surface area contributed by atoms with Gasteiger partial charge >= 0.3 is 0 Å². The van der Waals surface area contributed by atoms with E-state index in [1.165, 1.54) is 65.6 Å². The van der Waals surface area contributed by atoms with Gasteiger partial charge in [-0.1, -0.05) is 56.2 Å². The van der Waals surface area contributed by atoms with Crippen LogP contribution < -0.4 is 23.8 Å². The van der Waals surface area contributed by atoms with E-state index in [0.29, 0.717) is 29.2 Å². The molecule has 7 rings (SSSR count). The number of nitrogens with zero attached hydrogens (tertiary/aromatic N) is 3. The van der Waals surface area contributed by atoms with Crippen molar-refractivity contribution in [1.29, 1.82) is 0 Å². The molecule has 1 aromatic heterocycles. The number of hydrogen-bond acceptors (Lipinski definition) is 7. The summed E-state index contributed by atoms with van der Waals surface area (Å²) in [6, 6.07) is 31.7. The van der Waals surface area contributed by atoms with E-state index in [4.69, 9.17) is 23.9 Å². The fourth-order valence-electron chi connectivity index (χ4n) is 8.50. The van der Waals surface area contributed by atoms with Crippen molar-refractivity contribution in [2.24, 2.45) is 0 Å². The summed E-state index contributed by atoms with van der Waals surface area (Å²) in [5.74, 6) is 3.51. The number of aromatic nitrogens is 1. The maximum absolute atomic E-state index is 5.83. The molecule has 7 nitrogen and oxygen atoms in total. The maximum atomic E-state index is 5.83. The largest absolute Gasteiger partial charge is 0.496 e. The summed E-state index contributed by atoms with van der Waals surface area (Å²) in [7, 11) is 6.73. The van der Waals surface area contributed by atoms with Crippen molar-refractivity contribution in [3.63, 3.8) is 0 Å². The minimum atomic E-state index is 0.445. The lowest BCUT2D eigenvalue weighted by atomic mass is 9.77. The highest BCUT2D eigenvalue weighted by atomic mass is 16.5. The van der Waals surface area contributed by atoms with Gasteiger partial charge in [-0.05, 0) is 139 Å². The molecule has 1 aliphatic heterocycles. The summed E-state index contributed by atoms with van der Waals surface area (Å²) in [6.45, 7) is 8.34. The van der Waals surface area contributed by atoms with Gasteiger partial charge in [-0.15, -0.1) is 0 Å². The van der Waals surface area contributed by atoms with Crippen molar-refractivity contribution in [2.75, 3.05) is 46.4 Å². The van der Waals surface area contributed by atoms with Gasteiger partial charge in [0, 0.05) is 49.7 Å². The average Bonchev–Trinajstić information content (AvgIpc) is 3.22. The van der Waals surface area contributed by atoms with Crippen molar-refractivity contribution >= 4 is 5.69 Å². The van der Waals surface area contributed by atoms with Crippen LogP contribution in [0, 0.1) is 6.92 Å². The molecule has 2 aliphatic rings. The van der Waals surface area contributed by atoms with Gasteiger partial charge in [0.2, 0.25) is 5.75 Å². The third-order valence-electron chi connectivity index (χ3n) is 12.1. The Morgan fingerprint density at radius 1 is 0.679 bits per heavy atom. The number of pyridine rings is 1. The molecule has 0 unspecified atom stereocenters. The molecular weight excluding hydrogens is 695 g/mol. The molecule has 7 heteroatoms. The van der Waals surface area contributed by atoms with Gasteiger partial charge in [0.25, 0.3) is 0 Å². The standard InChI is InChI=1S/C49H59N3O4/c1-7-8-10-35-15-19-42(20-16-35)52(33-36-13-17-38(18-14-36)40-29-47(54-4)49(56-6)48(30-40)55-5)43-22-25-51(26-23-43)32-37-21-24-50-45(27-37)41-28-44(39-11-9-12-39)34(2)46(31-41)53-3/h13-21,24,27-31,39,43H,7-12,22-23,25-26,32-33H2,1-6H3. The molecule has 1 saturated carbocycles. The lowest BCUT2D eigenvalue weighted by molar-refractivity contribution is 0.201. The zero-order valence-electron chi connectivity index (χ0n) is 34.3. The molecule has 0 N–H and O–H groups in total. The van der Waals surface area contributed by atoms with Crippen LogP contribution in [0.25, 0.3) is 22.4 Å². The molecule has 2 heterocycles. The molecule has 56 heavy (non-hydrogen) atoms. The van der Waals surface area contributed by atoms with Gasteiger partial charge in [-0.2, -0.15) is 0 Å². The summed E-state index contributed by atoms with van der Waals surface area (Å²) >= 11 is 0. The van der Waals surface area contributed by atoms with E-state index in [0.717, 1.165) is 73.6 Å². The molecule has 5 aromatic rings. The molecule has 1 saturated heterocycles. The predicted octanol–water partition coefficient (Wildman–Crippen LogP) is 11.0. The number of ether oxygens (including phenoxy) is 4. The first-order valence-corrected chi connectivity index (χ1v) is 20.5. The predicted molar refractivity (Wildman–Crippen MR) is 229 cm³/mol. The first-order chi connectivity index (χ1) is 27.4. The minimum absolute atomic E-state index is 0.445. The van der Waals surface area contributed by atoms with E-state index >= 15 is 0 Å².